The molecule has 0 radical (unpaired) electrons. The number of hydrogen-bond acceptors (Lipinski definition) is 23. The zero-order chi connectivity index (χ0) is 52.2. The van der Waals surface area contributed by atoms with Crippen LogP contribution in [-0.2, 0) is 44.7 Å². The van der Waals surface area contributed by atoms with Crippen LogP contribution in [0, 0.1) is 6.92 Å². The van der Waals surface area contributed by atoms with E-state index in [-0.39, 0.29) is 93.4 Å². The van der Waals surface area contributed by atoms with E-state index in [1.807, 2.05) is 0 Å². The van der Waals surface area contributed by atoms with Crippen LogP contribution in [0.4, 0.5) is 46.5 Å². The maximum absolute atomic E-state index is 12.6. The molecule has 380 valence electrons. The maximum Gasteiger partial charge on any atom is 0.397 e. The third kappa shape index (κ3) is 13.3. The number of nitrogens with zero attached hydrogens (tertiary/aromatic N) is 9. The van der Waals surface area contributed by atoms with Crippen molar-refractivity contribution < 1.29 is 61.7 Å². The highest BCUT2D eigenvalue weighted by Crippen LogP contribution is 2.42. The first-order chi connectivity index (χ1) is 33.9. The van der Waals surface area contributed by atoms with Gasteiger partial charge in [-0.2, -0.15) is 55.2 Å². The maximum atomic E-state index is 12.6. The number of halogens is 2. The second-order valence-corrected chi connectivity index (χ2v) is 21.7. The molecule has 7 aromatic rings. The molecule has 0 aliphatic rings. The fourth-order valence-corrected chi connectivity index (χ4v) is 10.3. The Labute approximate surface area is 419 Å². The zero-order valence-electron chi connectivity index (χ0n) is 36.8. The number of aromatic nitrogens is 6. The number of phenols is 1. The summed E-state index contributed by atoms with van der Waals surface area (Å²) < 4.78 is 128. The number of aryl methyl sites for hydroxylation is 1. The summed E-state index contributed by atoms with van der Waals surface area (Å²) in [5.74, 6) is -0.768. The van der Waals surface area contributed by atoms with Gasteiger partial charge in [-0.1, -0.05) is 18.2 Å². The fourth-order valence-electron chi connectivity index (χ4n) is 6.98. The lowest BCUT2D eigenvalue weighted by Gasteiger charge is -2.22. The van der Waals surface area contributed by atoms with Crippen molar-refractivity contribution >= 4 is 132 Å². The monoisotopic (exact) mass is 1110 g/mol. The Morgan fingerprint density at radius 1 is 0.694 bits per heavy atom. The smallest absolute Gasteiger partial charge is 0.397 e. The molecule has 0 bridgehead atoms. The fraction of sp³-hybridized carbons (Fsp3) is 0.200. The number of aliphatic hydroxyl groups is 1. The largest absolute Gasteiger partial charge is 0.505 e. The first-order valence-corrected chi connectivity index (χ1v) is 27.1. The Kier molecular flexibility index (Phi) is 16.0. The second kappa shape index (κ2) is 21.6. The minimum atomic E-state index is -5.03. The van der Waals surface area contributed by atoms with Gasteiger partial charge in [-0.3, -0.25) is 13.7 Å². The molecule has 5 aromatic carbocycles. The highest BCUT2D eigenvalue weighted by Gasteiger charge is 2.24. The topological polar surface area (TPSA) is 388 Å². The van der Waals surface area contributed by atoms with Gasteiger partial charge in [0.05, 0.1) is 23.9 Å². The summed E-state index contributed by atoms with van der Waals surface area (Å²) in [6.45, 7) is 1.22. The van der Waals surface area contributed by atoms with Crippen LogP contribution in [0.25, 0.3) is 21.5 Å². The number of fused-ring (bicyclic) bond motifs is 2. The number of nitrogens with one attached hydrogen (secondary N) is 3. The van der Waals surface area contributed by atoms with Gasteiger partial charge >= 0.3 is 10.4 Å². The van der Waals surface area contributed by atoms with E-state index in [0.717, 1.165) is 12.1 Å². The normalized spacial score (nSPS) is 12.4. The molecule has 2 heterocycles. The molecule has 7 rings (SSSR count). The van der Waals surface area contributed by atoms with Gasteiger partial charge in [0.2, 0.25) is 34.4 Å². The molecular formula is C40H38Cl2N12O14S4. The third-order valence-electron chi connectivity index (χ3n) is 10.1. The Hall–Kier alpha value is -6.58. The van der Waals surface area contributed by atoms with Gasteiger partial charge in [-0.25, -0.2) is 12.6 Å². The van der Waals surface area contributed by atoms with Crippen molar-refractivity contribution in [3.8, 4) is 5.75 Å². The Morgan fingerprint density at radius 3 is 2.03 bits per heavy atom. The van der Waals surface area contributed by atoms with Crippen molar-refractivity contribution in [3.63, 3.8) is 0 Å². The number of phenolic OH excluding ortho intramolecular Hbond substituents is 1. The number of azo groups is 1. The van der Waals surface area contributed by atoms with Crippen molar-refractivity contribution in [2.24, 2.45) is 10.2 Å². The average Bonchev–Trinajstić information content (AvgIpc) is 3.28. The molecule has 0 fully saturated rings. The van der Waals surface area contributed by atoms with Crippen LogP contribution in [0.1, 0.15) is 12.0 Å². The average molecular weight is 1110 g/mol. The third-order valence-corrected chi connectivity index (χ3v) is 14.4. The van der Waals surface area contributed by atoms with Crippen LogP contribution in [0.3, 0.4) is 0 Å². The summed E-state index contributed by atoms with van der Waals surface area (Å²) in [7, 11) is -18.6. The number of aliphatic hydroxyl groups excluding tert-OH is 1. The minimum absolute atomic E-state index is 0.00539. The van der Waals surface area contributed by atoms with Gasteiger partial charge in [-0.05, 0) is 108 Å². The first-order valence-electron chi connectivity index (χ1n) is 20.5. The molecule has 0 saturated carbocycles. The molecule has 26 nitrogen and oxygen atoms in total. The predicted molar refractivity (Wildman–Crippen MR) is 263 cm³/mol. The quantitative estimate of drug-likeness (QED) is 0.0233. The summed E-state index contributed by atoms with van der Waals surface area (Å²) in [6.07, 6.45) is 0.417. The van der Waals surface area contributed by atoms with Crippen molar-refractivity contribution in [2.45, 2.75) is 28.0 Å². The predicted octanol–water partition coefficient (Wildman–Crippen LogP) is 5.97. The summed E-state index contributed by atoms with van der Waals surface area (Å²) >= 11 is 12.5. The van der Waals surface area contributed by atoms with Crippen LogP contribution in [-0.4, -0.2) is 126 Å². The molecule has 0 unspecified atom stereocenters. The number of sulfone groups is 1. The standard InChI is InChI=1S/C40H38Cl2N12O14S4/c1-22-20-23-21-25(8-11-27(23)33(56)32(22)53-52-30-13-12-28-29(34(30)71(62,63)64)4-2-5-31(28)70(59,60)61)45-38-47-35(41)46-37(50-38)43-14-3-15-54(16-17-55)40-49-36(42)48-39(51-40)44-24-6-9-26(10-7-24)69(57,58)19-18-68-72(65,66)67/h2,4-13,20-21,55-56H,3,14-19H2,1H3,(H,59,60,61)(H,62,63,64)(H,65,66,67)(H,44,48,49,51)(H2,43,45,46,47,50). The molecule has 0 saturated heterocycles. The van der Waals surface area contributed by atoms with Crippen LogP contribution in [0.2, 0.25) is 10.6 Å². The lowest BCUT2D eigenvalue weighted by molar-refractivity contribution is 0.284. The van der Waals surface area contributed by atoms with Crippen molar-refractivity contribution in [1.82, 2.24) is 29.9 Å². The number of hydrogen-bond donors (Lipinski definition) is 8. The molecule has 0 aliphatic carbocycles. The summed E-state index contributed by atoms with van der Waals surface area (Å²) in [5, 5.41) is 38.3. The van der Waals surface area contributed by atoms with E-state index in [0.29, 0.717) is 34.1 Å². The SMILES string of the molecule is Cc1cc2cc(Nc3nc(Cl)nc(NCCCN(CCO)c4nc(Cl)nc(Nc5ccc(S(=O)(=O)CCOS(=O)(=O)O)cc5)n4)n3)ccc2c(O)c1N=Nc1ccc2c(S(=O)(=O)O)cccc2c1S(=O)(=O)O. The van der Waals surface area contributed by atoms with E-state index in [9.17, 15) is 53.0 Å². The highest BCUT2D eigenvalue weighted by molar-refractivity contribution is 7.91. The molecule has 0 spiro atoms. The molecule has 0 atom stereocenters. The molecule has 72 heavy (non-hydrogen) atoms. The van der Waals surface area contributed by atoms with E-state index in [1.54, 1.807) is 36.1 Å². The molecule has 0 aliphatic heterocycles. The number of anilines is 6. The lowest BCUT2D eigenvalue weighted by Crippen LogP contribution is -2.31. The number of benzene rings is 5. The van der Waals surface area contributed by atoms with E-state index in [1.165, 1.54) is 42.5 Å². The van der Waals surface area contributed by atoms with E-state index in [4.69, 9.17) is 27.8 Å². The van der Waals surface area contributed by atoms with Gasteiger partial charge in [0.1, 0.15) is 21.2 Å². The van der Waals surface area contributed by atoms with Gasteiger partial charge < -0.3 is 31.1 Å². The summed E-state index contributed by atoms with van der Waals surface area (Å²) in [5.41, 5.74) is 0.810. The van der Waals surface area contributed by atoms with Crippen LogP contribution in [0.5, 0.6) is 5.75 Å². The summed E-state index contributed by atoms with van der Waals surface area (Å²) in [4.78, 5) is 25.5. The zero-order valence-corrected chi connectivity index (χ0v) is 41.6. The Balaban J connectivity index is 0.997. The minimum Gasteiger partial charge on any atom is -0.505 e. The Morgan fingerprint density at radius 2 is 1.35 bits per heavy atom. The van der Waals surface area contributed by atoms with E-state index < -0.39 is 62.6 Å². The van der Waals surface area contributed by atoms with Crippen LogP contribution in [0.15, 0.2) is 104 Å². The second-order valence-electron chi connectivity index (χ2n) is 15.1. The molecule has 0 amide bonds. The summed E-state index contributed by atoms with van der Waals surface area (Å²) in [6, 6.07) is 17.6. The number of aromatic hydroxyl groups is 1. The van der Waals surface area contributed by atoms with Crippen molar-refractivity contribution in [3.05, 3.63) is 95.0 Å². The molecule has 32 heteroatoms. The van der Waals surface area contributed by atoms with Gasteiger partial charge in [-0.15, -0.1) is 10.2 Å². The van der Waals surface area contributed by atoms with Crippen LogP contribution < -0.4 is 20.9 Å². The highest BCUT2D eigenvalue weighted by atomic mass is 35.5. The number of rotatable bonds is 21. The molecule has 8 N–H and O–H groups in total. The molecule has 2 aromatic heterocycles. The molecular weight excluding hydrogens is 1070 g/mol. The van der Waals surface area contributed by atoms with Gasteiger partial charge in [0, 0.05) is 47.2 Å². The first kappa shape index (κ1) is 53.2. The van der Waals surface area contributed by atoms with Gasteiger partial charge in [0.25, 0.3) is 20.2 Å². The van der Waals surface area contributed by atoms with Gasteiger partial charge in [0.15, 0.2) is 15.6 Å². The Bertz CT molecular complexity index is 3720. The lowest BCUT2D eigenvalue weighted by atomic mass is 10.0. The van der Waals surface area contributed by atoms with E-state index >= 15 is 0 Å². The van der Waals surface area contributed by atoms with E-state index in [2.05, 4.69) is 60.3 Å². The van der Waals surface area contributed by atoms with Crippen LogP contribution >= 0.6 is 23.2 Å². The van der Waals surface area contributed by atoms with Crippen molar-refractivity contribution in [2.75, 3.05) is 59.5 Å². The van der Waals surface area contributed by atoms with Crippen molar-refractivity contribution in [1.29, 1.82) is 0 Å².